The minimum Gasteiger partial charge on any atom is -0.281 e. The van der Waals surface area contributed by atoms with Crippen molar-refractivity contribution >= 4 is 20.2 Å². The van der Waals surface area contributed by atoms with Crippen LogP contribution in [-0.2, 0) is 26.4 Å². The normalized spacial score (nSPS) is 13.3. The van der Waals surface area contributed by atoms with Gasteiger partial charge < -0.3 is 0 Å². The summed E-state index contributed by atoms with van der Waals surface area (Å²) in [6, 6.07) is 6.32. The number of aromatic nitrogens is 2. The molecule has 0 aliphatic carbocycles. The van der Waals surface area contributed by atoms with Crippen LogP contribution < -0.4 is 0 Å². The van der Waals surface area contributed by atoms with Crippen LogP contribution in [0.25, 0.3) is 5.69 Å². The summed E-state index contributed by atoms with van der Waals surface area (Å²) in [6.07, 6.45) is -5.52. The average Bonchev–Trinajstić information content (AvgIpc) is 2.79. The number of hydrogen-bond acceptors (Lipinski definition) is 5. The molecule has 0 fully saturated rings. The Morgan fingerprint density at radius 1 is 0.957 bits per heavy atom. The first-order valence-corrected chi connectivity index (χ1v) is 8.42. The molecule has 1 heterocycles. The highest BCUT2D eigenvalue weighted by Gasteiger charge is 2.47. The molecule has 0 atom stereocenters. The lowest BCUT2D eigenvalue weighted by Crippen LogP contribution is -2.16. The largest absolute Gasteiger partial charge is 0.422 e. The Morgan fingerprint density at radius 2 is 1.48 bits per heavy atom. The predicted octanol–water partition coefficient (Wildman–Crippen LogP) is 1.38. The third-order valence-electron chi connectivity index (χ3n) is 2.58. The molecule has 2 aromatic rings. The van der Waals surface area contributed by atoms with E-state index in [0.717, 1.165) is 12.1 Å². The molecule has 2 rings (SSSR count). The van der Waals surface area contributed by atoms with Gasteiger partial charge in [0.2, 0.25) is 5.03 Å². The molecule has 126 valence electrons. The summed E-state index contributed by atoms with van der Waals surface area (Å²) in [7, 11) is -11.0. The Hall–Kier alpha value is -1.96. The van der Waals surface area contributed by atoms with Gasteiger partial charge in [0.25, 0.3) is 0 Å². The fraction of sp³-hybridized carbons (Fsp3) is 0.100. The fourth-order valence-corrected chi connectivity index (χ4v) is 3.34. The number of halogens is 3. The van der Waals surface area contributed by atoms with Gasteiger partial charge in [-0.25, -0.2) is 4.68 Å². The van der Waals surface area contributed by atoms with Crippen molar-refractivity contribution in [3.8, 4) is 5.69 Å². The van der Waals surface area contributed by atoms with Gasteiger partial charge in [-0.2, -0.15) is 35.1 Å². The van der Waals surface area contributed by atoms with E-state index in [9.17, 15) is 30.0 Å². The highest BCUT2D eigenvalue weighted by atomic mass is 32.2. The van der Waals surface area contributed by atoms with Crippen molar-refractivity contribution < 1.29 is 39.1 Å². The molecule has 0 unspecified atom stereocenters. The molecule has 13 heteroatoms. The zero-order valence-electron chi connectivity index (χ0n) is 10.8. The van der Waals surface area contributed by atoms with Gasteiger partial charge in [-0.3, -0.25) is 9.11 Å². The Balaban J connectivity index is 3.04. The van der Waals surface area contributed by atoms with Gasteiger partial charge in [0.05, 0.1) is 5.69 Å². The summed E-state index contributed by atoms with van der Waals surface area (Å²) in [5.74, 6) is 0. The maximum absolute atomic E-state index is 13.1. The number of nitrogens with zero attached hydrogens (tertiary/aromatic N) is 2. The molecule has 2 N–H and O–H groups in total. The summed E-state index contributed by atoms with van der Waals surface area (Å²) < 4.78 is 102. The molecule has 0 spiro atoms. The van der Waals surface area contributed by atoms with E-state index in [1.54, 1.807) is 0 Å². The van der Waals surface area contributed by atoms with Crippen LogP contribution in [0.4, 0.5) is 13.2 Å². The van der Waals surface area contributed by atoms with Gasteiger partial charge in [-0.15, -0.1) is 0 Å². The van der Waals surface area contributed by atoms with E-state index in [-0.39, 0.29) is 10.4 Å². The van der Waals surface area contributed by atoms with Crippen molar-refractivity contribution in [3.63, 3.8) is 0 Å². The molecule has 0 saturated heterocycles. The molecule has 1 aromatic heterocycles. The molecule has 0 amide bonds. The second-order valence-corrected chi connectivity index (χ2v) is 6.85. The summed E-state index contributed by atoms with van der Waals surface area (Å²) in [5.41, 5.74) is -2.56. The van der Waals surface area contributed by atoms with E-state index in [0.29, 0.717) is 0 Å². The Labute approximate surface area is 127 Å². The van der Waals surface area contributed by atoms with Crippen LogP contribution in [0.3, 0.4) is 0 Å². The number of benzene rings is 1. The van der Waals surface area contributed by atoms with Gasteiger partial charge in [0.1, 0.15) is 5.56 Å². The molecule has 0 radical (unpaired) electrons. The van der Waals surface area contributed by atoms with Gasteiger partial charge in [0.15, 0.2) is 5.03 Å². The van der Waals surface area contributed by atoms with Crippen molar-refractivity contribution in [1.82, 2.24) is 9.78 Å². The van der Waals surface area contributed by atoms with Gasteiger partial charge in [-0.1, -0.05) is 18.2 Å². The maximum Gasteiger partial charge on any atom is 0.422 e. The van der Waals surface area contributed by atoms with Crippen LogP contribution in [0.2, 0.25) is 0 Å². The van der Waals surface area contributed by atoms with Crippen LogP contribution in [-0.4, -0.2) is 35.7 Å². The van der Waals surface area contributed by atoms with Crippen molar-refractivity contribution in [3.05, 3.63) is 35.9 Å². The van der Waals surface area contributed by atoms with E-state index < -0.39 is 42.0 Å². The van der Waals surface area contributed by atoms with E-state index >= 15 is 0 Å². The second kappa shape index (κ2) is 5.30. The third-order valence-corrected chi connectivity index (χ3v) is 4.22. The maximum atomic E-state index is 13.1. The fourth-order valence-electron chi connectivity index (χ4n) is 1.79. The lowest BCUT2D eigenvalue weighted by molar-refractivity contribution is -0.142. The minimum atomic E-state index is -5.53. The Bertz CT molecular complexity index is 948. The first-order chi connectivity index (χ1) is 10.3. The SMILES string of the molecule is O=S(=O)(O)c1nn(-c2ccccc2)c(S(=O)(=O)O)c1C(F)(F)F. The first kappa shape index (κ1) is 17.4. The molecule has 23 heavy (non-hydrogen) atoms. The summed E-state index contributed by atoms with van der Waals surface area (Å²) in [5, 5.41) is -0.741. The summed E-state index contributed by atoms with van der Waals surface area (Å²) in [6.45, 7) is 0. The highest BCUT2D eigenvalue weighted by molar-refractivity contribution is 7.86. The van der Waals surface area contributed by atoms with Gasteiger partial charge in [0, 0.05) is 0 Å². The van der Waals surface area contributed by atoms with Crippen LogP contribution in [0.15, 0.2) is 40.4 Å². The molecular formula is C10H7F3N2O6S2. The van der Waals surface area contributed by atoms with Gasteiger partial charge in [-0.05, 0) is 12.1 Å². The lowest BCUT2D eigenvalue weighted by Gasteiger charge is -2.09. The monoisotopic (exact) mass is 372 g/mol. The van der Waals surface area contributed by atoms with Crippen LogP contribution >= 0.6 is 0 Å². The van der Waals surface area contributed by atoms with E-state index in [1.807, 2.05) is 0 Å². The van der Waals surface area contributed by atoms with Crippen molar-refractivity contribution in [2.45, 2.75) is 16.2 Å². The van der Waals surface area contributed by atoms with Crippen LogP contribution in [0, 0.1) is 0 Å². The Kier molecular flexibility index (Phi) is 4.00. The standard InChI is InChI=1S/C10H7F3N2O6S2/c11-10(12,13)7-8(22(16,17)18)14-15(9(7)23(19,20)21)6-4-2-1-3-5-6/h1-5H,(H,16,17,18)(H,19,20,21). The Morgan fingerprint density at radius 3 is 1.87 bits per heavy atom. The topological polar surface area (TPSA) is 127 Å². The van der Waals surface area contributed by atoms with Crippen molar-refractivity contribution in [1.29, 1.82) is 0 Å². The van der Waals surface area contributed by atoms with E-state index in [2.05, 4.69) is 5.10 Å². The molecule has 0 bridgehead atoms. The van der Waals surface area contributed by atoms with Crippen molar-refractivity contribution in [2.24, 2.45) is 0 Å². The zero-order chi connectivity index (χ0) is 17.6. The molecule has 0 aliphatic rings. The zero-order valence-corrected chi connectivity index (χ0v) is 12.4. The summed E-state index contributed by atoms with van der Waals surface area (Å²) in [4.78, 5) is 0. The number of rotatable bonds is 3. The summed E-state index contributed by atoms with van der Waals surface area (Å²) >= 11 is 0. The molecule has 0 aliphatic heterocycles. The average molecular weight is 372 g/mol. The number of para-hydroxylation sites is 1. The molecule has 1 aromatic carbocycles. The highest BCUT2D eigenvalue weighted by Crippen LogP contribution is 2.39. The second-order valence-electron chi connectivity index (χ2n) is 4.18. The quantitative estimate of drug-likeness (QED) is 0.780. The van der Waals surface area contributed by atoms with Crippen molar-refractivity contribution in [2.75, 3.05) is 0 Å². The van der Waals surface area contributed by atoms with E-state index in [1.165, 1.54) is 18.2 Å². The van der Waals surface area contributed by atoms with Crippen LogP contribution in [0.5, 0.6) is 0 Å². The van der Waals surface area contributed by atoms with Gasteiger partial charge >= 0.3 is 26.4 Å². The smallest absolute Gasteiger partial charge is 0.281 e. The lowest BCUT2D eigenvalue weighted by atomic mass is 10.3. The number of hydrogen-bond donors (Lipinski definition) is 2. The molecule has 0 saturated carbocycles. The minimum absolute atomic E-state index is 0.0707. The third kappa shape index (κ3) is 3.36. The molecule has 8 nitrogen and oxygen atoms in total. The molecular weight excluding hydrogens is 365 g/mol. The number of alkyl halides is 3. The van der Waals surface area contributed by atoms with E-state index in [4.69, 9.17) is 9.11 Å². The first-order valence-electron chi connectivity index (χ1n) is 5.54. The predicted molar refractivity (Wildman–Crippen MR) is 68.2 cm³/mol. The van der Waals surface area contributed by atoms with Crippen LogP contribution in [0.1, 0.15) is 5.56 Å².